The van der Waals surface area contributed by atoms with Gasteiger partial charge in [0, 0.05) is 11.8 Å². The molecule has 1 aliphatic carbocycles. The summed E-state index contributed by atoms with van der Waals surface area (Å²) in [7, 11) is 0. The minimum Gasteiger partial charge on any atom is -0.299 e. The number of rotatable bonds is 4. The van der Waals surface area contributed by atoms with Crippen LogP contribution in [0.25, 0.3) is 0 Å². The van der Waals surface area contributed by atoms with E-state index in [1.165, 1.54) is 0 Å². The summed E-state index contributed by atoms with van der Waals surface area (Å²) in [4.78, 5) is 11.5. The fraction of sp³-hybridized carbons (Fsp3) is 0.900. The molecule has 1 rings (SSSR count). The molecule has 1 fully saturated rings. The van der Waals surface area contributed by atoms with E-state index in [1.807, 2.05) is 0 Å². The maximum Gasteiger partial charge on any atom is 0.139 e. The molecule has 0 N–H and O–H groups in total. The van der Waals surface area contributed by atoms with Crippen molar-refractivity contribution in [2.45, 2.75) is 46.5 Å². The van der Waals surface area contributed by atoms with Crippen LogP contribution in [0, 0.1) is 11.3 Å². The Labute approximate surface area is 69.2 Å². The van der Waals surface area contributed by atoms with E-state index in [0.29, 0.717) is 11.7 Å². The van der Waals surface area contributed by atoms with Crippen LogP contribution in [-0.2, 0) is 4.79 Å². The van der Waals surface area contributed by atoms with Crippen molar-refractivity contribution >= 4 is 5.78 Å². The van der Waals surface area contributed by atoms with Gasteiger partial charge < -0.3 is 0 Å². The van der Waals surface area contributed by atoms with Gasteiger partial charge in [-0.3, -0.25) is 4.79 Å². The van der Waals surface area contributed by atoms with Crippen molar-refractivity contribution in [2.24, 2.45) is 11.3 Å². The lowest BCUT2D eigenvalue weighted by Gasteiger charge is -2.06. The lowest BCUT2D eigenvalue weighted by atomic mass is 9.97. The van der Waals surface area contributed by atoms with Gasteiger partial charge in [-0.05, 0) is 18.8 Å². The number of hydrogen-bond donors (Lipinski definition) is 0. The second-order valence-electron chi connectivity index (χ2n) is 4.05. The molecule has 64 valence electrons. The molecular weight excluding hydrogens is 136 g/mol. The molecule has 0 amide bonds. The molecule has 2 unspecified atom stereocenters. The summed E-state index contributed by atoms with van der Waals surface area (Å²) in [6, 6.07) is 0. The topological polar surface area (TPSA) is 17.1 Å². The van der Waals surface area contributed by atoms with E-state index in [-0.39, 0.29) is 5.41 Å². The van der Waals surface area contributed by atoms with Crippen molar-refractivity contribution in [1.82, 2.24) is 0 Å². The van der Waals surface area contributed by atoms with E-state index in [0.717, 1.165) is 25.7 Å². The van der Waals surface area contributed by atoms with Gasteiger partial charge in [0.2, 0.25) is 0 Å². The van der Waals surface area contributed by atoms with Crippen molar-refractivity contribution in [1.29, 1.82) is 0 Å². The highest BCUT2D eigenvalue weighted by Crippen LogP contribution is 2.53. The van der Waals surface area contributed by atoms with Crippen LogP contribution in [-0.4, -0.2) is 5.78 Å². The predicted octanol–water partition coefficient (Wildman–Crippen LogP) is 2.79. The van der Waals surface area contributed by atoms with E-state index >= 15 is 0 Å². The number of carbonyl (C=O) groups excluding carboxylic acids is 1. The van der Waals surface area contributed by atoms with Gasteiger partial charge in [0.1, 0.15) is 5.78 Å². The number of Topliss-reactive ketones (excluding diaryl/α,β-unsaturated/α-hetero) is 1. The smallest absolute Gasteiger partial charge is 0.139 e. The summed E-state index contributed by atoms with van der Waals surface area (Å²) in [6.45, 7) is 6.41. The van der Waals surface area contributed by atoms with E-state index in [9.17, 15) is 4.79 Å². The summed E-state index contributed by atoms with van der Waals surface area (Å²) in [5.74, 6) is 1.14. The van der Waals surface area contributed by atoms with Crippen LogP contribution < -0.4 is 0 Å². The Hall–Kier alpha value is -0.330. The zero-order valence-electron chi connectivity index (χ0n) is 7.81. The molecule has 0 saturated heterocycles. The van der Waals surface area contributed by atoms with Gasteiger partial charge in [-0.1, -0.05) is 27.2 Å². The number of carbonyl (C=O) groups is 1. The second kappa shape index (κ2) is 2.96. The van der Waals surface area contributed by atoms with Gasteiger partial charge in [-0.2, -0.15) is 0 Å². The molecule has 0 aromatic carbocycles. The van der Waals surface area contributed by atoms with Crippen molar-refractivity contribution in [3.05, 3.63) is 0 Å². The molecule has 2 atom stereocenters. The first-order valence-electron chi connectivity index (χ1n) is 4.64. The Bertz CT molecular complexity index is 162. The molecule has 1 heteroatoms. The predicted molar refractivity (Wildman–Crippen MR) is 46.4 cm³/mol. The summed E-state index contributed by atoms with van der Waals surface area (Å²) in [6.07, 6.45) is 4.13. The first-order valence-corrected chi connectivity index (χ1v) is 4.64. The van der Waals surface area contributed by atoms with Crippen LogP contribution in [0.2, 0.25) is 0 Å². The highest BCUT2D eigenvalue weighted by atomic mass is 16.1. The largest absolute Gasteiger partial charge is 0.299 e. The Morgan fingerprint density at radius 3 is 2.55 bits per heavy atom. The number of unbranched alkanes of at least 4 members (excludes halogenated alkanes) is 1. The molecule has 0 bridgehead atoms. The normalized spacial score (nSPS) is 35.4. The zero-order valence-corrected chi connectivity index (χ0v) is 7.81. The van der Waals surface area contributed by atoms with E-state index in [1.54, 1.807) is 0 Å². The van der Waals surface area contributed by atoms with Gasteiger partial charge in [0.15, 0.2) is 0 Å². The maximum atomic E-state index is 11.5. The van der Waals surface area contributed by atoms with E-state index < -0.39 is 0 Å². The summed E-state index contributed by atoms with van der Waals surface area (Å²) < 4.78 is 0. The van der Waals surface area contributed by atoms with Crippen LogP contribution in [0.15, 0.2) is 0 Å². The van der Waals surface area contributed by atoms with Crippen LogP contribution in [0.5, 0.6) is 0 Å². The van der Waals surface area contributed by atoms with Crippen LogP contribution >= 0.6 is 0 Å². The maximum absolute atomic E-state index is 11.5. The Kier molecular flexibility index (Phi) is 2.36. The van der Waals surface area contributed by atoms with Gasteiger partial charge in [-0.15, -0.1) is 0 Å². The van der Waals surface area contributed by atoms with Crippen molar-refractivity contribution in [3.63, 3.8) is 0 Å². The standard InChI is InChI=1S/C10H18O/c1-4-5-6-9(11)10(3)7-8(10)2/h8H,4-7H2,1-3H3. The first-order chi connectivity index (χ1) is 5.11. The van der Waals surface area contributed by atoms with Gasteiger partial charge in [0.05, 0.1) is 0 Å². The molecule has 11 heavy (non-hydrogen) atoms. The molecule has 0 radical (unpaired) electrons. The summed E-state index contributed by atoms with van der Waals surface area (Å²) >= 11 is 0. The molecule has 0 spiro atoms. The zero-order chi connectivity index (χ0) is 8.48. The van der Waals surface area contributed by atoms with E-state index in [4.69, 9.17) is 0 Å². The number of hydrogen-bond acceptors (Lipinski definition) is 1. The van der Waals surface area contributed by atoms with Crippen molar-refractivity contribution in [2.75, 3.05) is 0 Å². The monoisotopic (exact) mass is 154 g/mol. The molecule has 1 aliphatic rings. The van der Waals surface area contributed by atoms with E-state index in [2.05, 4.69) is 20.8 Å². The third-order valence-corrected chi connectivity index (χ3v) is 3.05. The minimum atomic E-state index is 0.0785. The van der Waals surface area contributed by atoms with Crippen molar-refractivity contribution in [3.8, 4) is 0 Å². The minimum absolute atomic E-state index is 0.0785. The molecule has 0 aliphatic heterocycles. The third kappa shape index (κ3) is 1.63. The van der Waals surface area contributed by atoms with Crippen LogP contribution in [0.1, 0.15) is 46.5 Å². The van der Waals surface area contributed by atoms with Crippen LogP contribution in [0.4, 0.5) is 0 Å². The third-order valence-electron chi connectivity index (χ3n) is 3.05. The summed E-state index contributed by atoms with van der Waals surface area (Å²) in [5.41, 5.74) is 0.0785. The molecule has 1 saturated carbocycles. The number of ketones is 1. The SMILES string of the molecule is CCCCC(=O)C1(C)CC1C. The average molecular weight is 154 g/mol. The lowest BCUT2D eigenvalue weighted by molar-refractivity contribution is -0.124. The Balaban J connectivity index is 2.31. The molecule has 0 aromatic heterocycles. The molecule has 0 heterocycles. The Morgan fingerprint density at radius 2 is 2.18 bits per heavy atom. The first kappa shape index (κ1) is 8.76. The average Bonchev–Trinajstić information content (AvgIpc) is 2.56. The van der Waals surface area contributed by atoms with Crippen molar-refractivity contribution < 1.29 is 4.79 Å². The fourth-order valence-electron chi connectivity index (χ4n) is 1.59. The van der Waals surface area contributed by atoms with Gasteiger partial charge >= 0.3 is 0 Å². The lowest BCUT2D eigenvalue weighted by Crippen LogP contribution is -2.13. The Morgan fingerprint density at radius 1 is 1.64 bits per heavy atom. The molecule has 0 aromatic rings. The molecular formula is C10H18O. The fourth-order valence-corrected chi connectivity index (χ4v) is 1.59. The second-order valence-corrected chi connectivity index (χ2v) is 4.05. The van der Waals surface area contributed by atoms with Gasteiger partial charge in [0.25, 0.3) is 0 Å². The quantitative estimate of drug-likeness (QED) is 0.608. The highest BCUT2D eigenvalue weighted by molar-refractivity contribution is 5.87. The summed E-state index contributed by atoms with van der Waals surface area (Å²) in [5, 5.41) is 0. The van der Waals surface area contributed by atoms with Crippen LogP contribution in [0.3, 0.4) is 0 Å². The van der Waals surface area contributed by atoms with Gasteiger partial charge in [-0.25, -0.2) is 0 Å². The molecule has 1 nitrogen and oxygen atoms in total. The highest BCUT2D eigenvalue weighted by Gasteiger charge is 2.51.